The molecule has 1 aromatic carbocycles. The number of nitriles is 1. The minimum atomic E-state index is -3.29. The topological polar surface area (TPSA) is 118 Å². The van der Waals surface area contributed by atoms with E-state index in [4.69, 9.17) is 0 Å². The van der Waals surface area contributed by atoms with Crippen molar-refractivity contribution < 1.29 is 21.6 Å². The number of pyridine rings is 1. The summed E-state index contributed by atoms with van der Waals surface area (Å²) in [6, 6.07) is 6.43. The number of alkyl halides is 2. The number of hydrogen-bond donors (Lipinski definition) is 1. The molecular weight excluding hydrogens is 507 g/mol. The fraction of sp³-hybridized carbons (Fsp3) is 0.360. The SMILES string of the molecule is C=C[C@@H](Nc1nc(C)nc2c(=O)n(C)c(C3(C#N)CCS(=O)(=O)CC3)cc12)c1cccc(C(F)F)c1F. The molecule has 1 saturated heterocycles. The number of aromatic nitrogens is 3. The Labute approximate surface area is 211 Å². The number of nitrogens with one attached hydrogen (secondary N) is 1. The molecule has 1 N–H and O–H groups in total. The normalized spacial score (nSPS) is 17.3. The first kappa shape index (κ1) is 26.3. The predicted molar refractivity (Wildman–Crippen MR) is 133 cm³/mol. The average molecular weight is 532 g/mol. The van der Waals surface area contributed by atoms with Crippen LogP contribution >= 0.6 is 0 Å². The highest BCUT2D eigenvalue weighted by atomic mass is 32.2. The van der Waals surface area contributed by atoms with E-state index >= 15 is 0 Å². The molecule has 0 radical (unpaired) electrons. The average Bonchev–Trinajstić information content (AvgIpc) is 2.85. The van der Waals surface area contributed by atoms with Crippen LogP contribution in [-0.2, 0) is 22.3 Å². The van der Waals surface area contributed by atoms with Crippen molar-refractivity contribution >= 4 is 26.6 Å². The number of sulfone groups is 1. The second kappa shape index (κ2) is 9.63. The zero-order chi connectivity index (χ0) is 27.1. The van der Waals surface area contributed by atoms with Gasteiger partial charge in [0.15, 0.2) is 0 Å². The molecule has 1 fully saturated rings. The van der Waals surface area contributed by atoms with E-state index in [1.54, 1.807) is 13.0 Å². The number of rotatable bonds is 6. The summed E-state index contributed by atoms with van der Waals surface area (Å²) in [5.41, 5.74) is -2.27. The van der Waals surface area contributed by atoms with Crippen molar-refractivity contribution in [3.05, 3.63) is 75.7 Å². The minimum Gasteiger partial charge on any atom is -0.359 e. The molecule has 0 saturated carbocycles. The highest BCUT2D eigenvalue weighted by Crippen LogP contribution is 2.37. The Balaban J connectivity index is 1.89. The van der Waals surface area contributed by atoms with Crippen LogP contribution in [0.5, 0.6) is 0 Å². The smallest absolute Gasteiger partial charge is 0.277 e. The number of halogens is 3. The van der Waals surface area contributed by atoms with Gasteiger partial charge in [0.05, 0.1) is 40.0 Å². The minimum absolute atomic E-state index is 0.0149. The van der Waals surface area contributed by atoms with Crippen LogP contribution in [0.4, 0.5) is 19.0 Å². The molecule has 3 aromatic rings. The first-order chi connectivity index (χ1) is 17.4. The van der Waals surface area contributed by atoms with Crippen molar-refractivity contribution in [3.8, 4) is 6.07 Å². The number of aryl methyl sites for hydroxylation is 1. The van der Waals surface area contributed by atoms with Gasteiger partial charge in [-0.15, -0.1) is 6.58 Å². The number of anilines is 1. The zero-order valence-corrected chi connectivity index (χ0v) is 20.9. The molecule has 1 atom stereocenters. The molecule has 2 aromatic heterocycles. The molecule has 194 valence electrons. The van der Waals surface area contributed by atoms with E-state index in [9.17, 15) is 31.6 Å². The first-order valence-corrected chi connectivity index (χ1v) is 13.2. The first-order valence-electron chi connectivity index (χ1n) is 11.4. The lowest BCUT2D eigenvalue weighted by molar-refractivity contribution is 0.146. The molecule has 0 bridgehead atoms. The fourth-order valence-corrected chi connectivity index (χ4v) is 6.17. The van der Waals surface area contributed by atoms with Gasteiger partial charge in [0.1, 0.15) is 32.8 Å². The molecule has 1 aliphatic rings. The summed E-state index contributed by atoms with van der Waals surface area (Å²) >= 11 is 0. The maximum absolute atomic E-state index is 14.9. The van der Waals surface area contributed by atoms with Crippen LogP contribution in [0.25, 0.3) is 10.9 Å². The van der Waals surface area contributed by atoms with E-state index in [0.29, 0.717) is 5.69 Å². The Morgan fingerprint density at radius 1 is 1.24 bits per heavy atom. The summed E-state index contributed by atoms with van der Waals surface area (Å²) < 4.78 is 66.8. The monoisotopic (exact) mass is 531 g/mol. The molecule has 8 nitrogen and oxygen atoms in total. The third kappa shape index (κ3) is 4.71. The van der Waals surface area contributed by atoms with Gasteiger partial charge in [-0.25, -0.2) is 31.6 Å². The van der Waals surface area contributed by atoms with Crippen LogP contribution in [0.1, 0.15) is 48.0 Å². The Bertz CT molecular complexity index is 1600. The Morgan fingerprint density at radius 2 is 1.89 bits per heavy atom. The van der Waals surface area contributed by atoms with E-state index in [1.807, 2.05) is 0 Å². The van der Waals surface area contributed by atoms with Crippen molar-refractivity contribution in [2.24, 2.45) is 7.05 Å². The van der Waals surface area contributed by atoms with E-state index in [0.717, 1.165) is 6.07 Å². The molecule has 0 spiro atoms. The number of hydrogen-bond acceptors (Lipinski definition) is 7. The molecule has 37 heavy (non-hydrogen) atoms. The predicted octanol–water partition coefficient (Wildman–Crippen LogP) is 4.02. The van der Waals surface area contributed by atoms with Gasteiger partial charge in [0.25, 0.3) is 12.0 Å². The Morgan fingerprint density at radius 3 is 2.49 bits per heavy atom. The van der Waals surface area contributed by atoms with Gasteiger partial charge in [0, 0.05) is 18.3 Å². The van der Waals surface area contributed by atoms with Crippen LogP contribution < -0.4 is 10.9 Å². The summed E-state index contributed by atoms with van der Waals surface area (Å²) in [6.45, 7) is 5.24. The van der Waals surface area contributed by atoms with Gasteiger partial charge in [-0.2, -0.15) is 5.26 Å². The lowest BCUT2D eigenvalue weighted by Gasteiger charge is -2.32. The van der Waals surface area contributed by atoms with Crippen LogP contribution in [0.15, 0.2) is 41.7 Å². The molecule has 0 aliphatic carbocycles. The van der Waals surface area contributed by atoms with Crippen LogP contribution in [0.3, 0.4) is 0 Å². The maximum atomic E-state index is 14.9. The summed E-state index contributed by atoms with van der Waals surface area (Å²) in [5, 5.41) is 13.3. The van der Waals surface area contributed by atoms with Gasteiger partial charge in [0.2, 0.25) is 0 Å². The van der Waals surface area contributed by atoms with Gasteiger partial charge < -0.3 is 9.88 Å². The van der Waals surface area contributed by atoms with Gasteiger partial charge in [-0.1, -0.05) is 24.3 Å². The standard InChI is InChI=1S/C25H24F3N5O3S/c1-4-18(15-6-5-7-16(20(15)26)22(27)28)32-23-17-12-19(25(13-29)8-10-37(35,36)11-9-25)33(3)24(34)21(17)30-14(2)31-23/h4-7,12,18,22H,1,8-11H2,2-3H3,(H,30,31,32)/t18-/m1/s1. The molecule has 1 aliphatic heterocycles. The third-order valence-corrected chi connectivity index (χ3v) is 8.40. The Kier molecular flexibility index (Phi) is 6.85. The highest BCUT2D eigenvalue weighted by molar-refractivity contribution is 7.91. The van der Waals surface area contributed by atoms with E-state index in [2.05, 4.69) is 27.9 Å². The lowest BCUT2D eigenvalue weighted by Crippen LogP contribution is -2.40. The van der Waals surface area contributed by atoms with Crippen molar-refractivity contribution in [2.75, 3.05) is 16.8 Å². The maximum Gasteiger partial charge on any atom is 0.277 e. The number of benzene rings is 1. The van der Waals surface area contributed by atoms with Crippen molar-refractivity contribution in [1.29, 1.82) is 5.26 Å². The quantitative estimate of drug-likeness (QED) is 0.478. The van der Waals surface area contributed by atoms with Crippen LogP contribution in [0.2, 0.25) is 0 Å². The largest absolute Gasteiger partial charge is 0.359 e. The number of nitrogens with zero attached hydrogens (tertiary/aromatic N) is 4. The van der Waals surface area contributed by atoms with Crippen LogP contribution in [-0.4, -0.2) is 34.5 Å². The summed E-state index contributed by atoms with van der Waals surface area (Å²) in [4.78, 5) is 22.0. The van der Waals surface area contributed by atoms with Crippen molar-refractivity contribution in [2.45, 2.75) is 37.6 Å². The third-order valence-electron chi connectivity index (χ3n) is 6.75. The molecule has 0 amide bonds. The molecule has 3 heterocycles. The van der Waals surface area contributed by atoms with E-state index in [1.165, 1.54) is 29.8 Å². The molecule has 4 rings (SSSR count). The molecule has 0 unspecified atom stereocenters. The van der Waals surface area contributed by atoms with E-state index in [-0.39, 0.29) is 52.5 Å². The fourth-order valence-electron chi connectivity index (χ4n) is 4.65. The van der Waals surface area contributed by atoms with Gasteiger partial charge in [-0.05, 0) is 25.8 Å². The van der Waals surface area contributed by atoms with Crippen molar-refractivity contribution in [3.63, 3.8) is 0 Å². The second-order valence-corrected chi connectivity index (χ2v) is 11.3. The summed E-state index contributed by atoms with van der Waals surface area (Å²) in [6.07, 6.45) is -1.66. The van der Waals surface area contributed by atoms with Gasteiger partial charge >= 0.3 is 0 Å². The van der Waals surface area contributed by atoms with Crippen LogP contribution in [0, 0.1) is 24.1 Å². The molecular formula is C25H24F3N5O3S. The number of fused-ring (bicyclic) bond motifs is 1. The lowest BCUT2D eigenvalue weighted by atomic mass is 9.79. The zero-order valence-electron chi connectivity index (χ0n) is 20.1. The van der Waals surface area contributed by atoms with Gasteiger partial charge in [-0.3, -0.25) is 4.79 Å². The van der Waals surface area contributed by atoms with Crippen molar-refractivity contribution in [1.82, 2.24) is 14.5 Å². The highest BCUT2D eigenvalue weighted by Gasteiger charge is 2.41. The second-order valence-electron chi connectivity index (χ2n) is 9.03. The summed E-state index contributed by atoms with van der Waals surface area (Å²) in [5.74, 6) is -1.14. The van der Waals surface area contributed by atoms with E-state index < -0.39 is 44.7 Å². The Hall–Kier alpha value is -3.72. The summed E-state index contributed by atoms with van der Waals surface area (Å²) in [7, 11) is -1.80. The molecule has 12 heteroatoms.